The smallest absolute Gasteiger partial charge is 0.0590 e. The molecule has 16 heavy (non-hydrogen) atoms. The van der Waals surface area contributed by atoms with Gasteiger partial charge in [0, 0.05) is 32.3 Å². The molecule has 0 rings (SSSR count). The Bertz CT molecular complexity index is 147. The Balaban J connectivity index is 3.31. The third kappa shape index (κ3) is 9.46. The first kappa shape index (κ1) is 16.2. The Morgan fingerprint density at radius 3 is 2.75 bits per heavy atom. The molecule has 0 aliphatic rings. The molecule has 0 saturated heterocycles. The quantitative estimate of drug-likeness (QED) is 0.562. The van der Waals surface area contributed by atoms with Crippen molar-refractivity contribution in [1.29, 1.82) is 0 Å². The summed E-state index contributed by atoms with van der Waals surface area (Å²) >= 11 is 1.93. The zero-order chi connectivity index (χ0) is 12.2. The van der Waals surface area contributed by atoms with E-state index in [9.17, 15) is 0 Å². The van der Waals surface area contributed by atoms with E-state index in [1.807, 2.05) is 18.7 Å². The summed E-state index contributed by atoms with van der Waals surface area (Å²) < 4.78 is 5.26. The first-order valence-corrected chi connectivity index (χ1v) is 7.59. The Kier molecular flexibility index (Phi) is 11.9. The highest BCUT2D eigenvalue weighted by atomic mass is 32.2. The number of ether oxygens (including phenoxy) is 1. The lowest BCUT2D eigenvalue weighted by atomic mass is 10.2. The highest BCUT2D eigenvalue weighted by Crippen LogP contribution is 2.04. The molecule has 0 radical (unpaired) electrons. The Hall–Kier alpha value is 0.230. The lowest BCUT2D eigenvalue weighted by Crippen LogP contribution is -2.36. The highest BCUT2D eigenvalue weighted by molar-refractivity contribution is 7.98. The molecular weight excluding hydrogens is 220 g/mol. The minimum Gasteiger partial charge on any atom is -0.380 e. The zero-order valence-electron chi connectivity index (χ0n) is 11.3. The molecule has 0 aliphatic heterocycles. The van der Waals surface area contributed by atoms with Crippen LogP contribution >= 0.6 is 11.8 Å². The van der Waals surface area contributed by atoms with Gasteiger partial charge in [-0.25, -0.2) is 0 Å². The van der Waals surface area contributed by atoms with Crippen LogP contribution in [0.15, 0.2) is 0 Å². The number of likely N-dealkylation sites (N-methyl/N-ethyl adjacent to an activating group) is 1. The molecule has 0 bridgehead atoms. The van der Waals surface area contributed by atoms with Gasteiger partial charge in [0.15, 0.2) is 0 Å². The predicted octanol–water partition coefficient (Wildman–Crippen LogP) is 1.69. The van der Waals surface area contributed by atoms with Crippen LogP contribution < -0.4 is 5.32 Å². The topological polar surface area (TPSA) is 24.5 Å². The van der Waals surface area contributed by atoms with Crippen LogP contribution in [0, 0.1) is 0 Å². The minimum absolute atomic E-state index is 0.682. The molecule has 0 spiro atoms. The molecule has 3 nitrogen and oxygen atoms in total. The molecule has 0 amide bonds. The number of hydrogen-bond donors (Lipinski definition) is 1. The summed E-state index contributed by atoms with van der Waals surface area (Å²) in [5, 5.41) is 3.39. The fourth-order valence-corrected chi connectivity index (χ4v) is 1.98. The minimum atomic E-state index is 0.682. The van der Waals surface area contributed by atoms with Crippen LogP contribution in [-0.4, -0.2) is 62.8 Å². The molecule has 0 heterocycles. The predicted molar refractivity (Wildman–Crippen MR) is 74.5 cm³/mol. The summed E-state index contributed by atoms with van der Waals surface area (Å²) in [6.45, 7) is 9.09. The molecule has 1 unspecified atom stereocenters. The van der Waals surface area contributed by atoms with Gasteiger partial charge < -0.3 is 15.0 Å². The molecule has 0 aromatic heterocycles. The second-order valence-electron chi connectivity index (χ2n) is 4.06. The third-order valence-electron chi connectivity index (χ3n) is 2.76. The van der Waals surface area contributed by atoms with Gasteiger partial charge in [0.05, 0.1) is 6.61 Å². The van der Waals surface area contributed by atoms with Gasteiger partial charge in [-0.05, 0) is 39.3 Å². The van der Waals surface area contributed by atoms with E-state index in [4.69, 9.17) is 4.74 Å². The number of rotatable bonds is 11. The SMILES string of the molecule is CCOCCNCCN(C)C(C)CCSC. The molecule has 98 valence electrons. The van der Waals surface area contributed by atoms with Gasteiger partial charge >= 0.3 is 0 Å². The summed E-state index contributed by atoms with van der Waals surface area (Å²) in [6.07, 6.45) is 3.44. The average molecular weight is 248 g/mol. The zero-order valence-corrected chi connectivity index (χ0v) is 12.1. The van der Waals surface area contributed by atoms with E-state index in [0.29, 0.717) is 6.04 Å². The molecular formula is C12H28N2OS. The van der Waals surface area contributed by atoms with Crippen LogP contribution in [0.5, 0.6) is 0 Å². The van der Waals surface area contributed by atoms with Crippen molar-refractivity contribution in [1.82, 2.24) is 10.2 Å². The van der Waals surface area contributed by atoms with Gasteiger partial charge in [-0.1, -0.05) is 0 Å². The van der Waals surface area contributed by atoms with Crippen molar-refractivity contribution in [2.24, 2.45) is 0 Å². The van der Waals surface area contributed by atoms with Crippen LogP contribution in [-0.2, 0) is 4.74 Å². The van der Waals surface area contributed by atoms with Crippen LogP contribution in [0.4, 0.5) is 0 Å². The molecule has 0 saturated carbocycles. The van der Waals surface area contributed by atoms with Crippen LogP contribution in [0.25, 0.3) is 0 Å². The van der Waals surface area contributed by atoms with E-state index in [1.165, 1.54) is 12.2 Å². The summed E-state index contributed by atoms with van der Waals surface area (Å²) in [5.74, 6) is 1.25. The second kappa shape index (κ2) is 11.7. The van der Waals surface area contributed by atoms with Gasteiger partial charge in [-0.15, -0.1) is 0 Å². The molecule has 0 aromatic carbocycles. The van der Waals surface area contributed by atoms with E-state index in [2.05, 4.69) is 30.4 Å². The van der Waals surface area contributed by atoms with E-state index in [1.54, 1.807) is 0 Å². The Morgan fingerprint density at radius 1 is 1.38 bits per heavy atom. The number of nitrogens with zero attached hydrogens (tertiary/aromatic N) is 1. The largest absolute Gasteiger partial charge is 0.380 e. The Labute approximate surface area is 105 Å². The third-order valence-corrected chi connectivity index (χ3v) is 3.40. The van der Waals surface area contributed by atoms with E-state index < -0.39 is 0 Å². The van der Waals surface area contributed by atoms with Crippen LogP contribution in [0.1, 0.15) is 20.3 Å². The van der Waals surface area contributed by atoms with Crippen LogP contribution in [0.2, 0.25) is 0 Å². The molecule has 0 aromatic rings. The highest BCUT2D eigenvalue weighted by Gasteiger charge is 2.07. The monoisotopic (exact) mass is 248 g/mol. The normalized spacial score (nSPS) is 13.3. The number of nitrogens with one attached hydrogen (secondary N) is 1. The lowest BCUT2D eigenvalue weighted by Gasteiger charge is -2.24. The van der Waals surface area contributed by atoms with Crippen molar-refractivity contribution in [2.75, 3.05) is 51.9 Å². The standard InChI is InChI=1S/C12H28N2OS/c1-5-15-10-8-13-7-9-14(3)12(2)6-11-16-4/h12-13H,5-11H2,1-4H3. The fourth-order valence-electron chi connectivity index (χ4n) is 1.40. The van der Waals surface area contributed by atoms with Crippen molar-refractivity contribution in [3.63, 3.8) is 0 Å². The molecule has 0 fully saturated rings. The first-order valence-electron chi connectivity index (χ1n) is 6.20. The van der Waals surface area contributed by atoms with Gasteiger partial charge in [-0.2, -0.15) is 11.8 Å². The van der Waals surface area contributed by atoms with Gasteiger partial charge in [-0.3, -0.25) is 0 Å². The molecule has 1 atom stereocenters. The van der Waals surface area contributed by atoms with E-state index in [0.717, 1.165) is 32.8 Å². The maximum atomic E-state index is 5.26. The maximum Gasteiger partial charge on any atom is 0.0590 e. The summed E-state index contributed by atoms with van der Waals surface area (Å²) in [5.41, 5.74) is 0. The van der Waals surface area contributed by atoms with Gasteiger partial charge in [0.1, 0.15) is 0 Å². The van der Waals surface area contributed by atoms with Crippen LogP contribution in [0.3, 0.4) is 0 Å². The summed E-state index contributed by atoms with van der Waals surface area (Å²) in [4.78, 5) is 2.42. The molecule has 1 N–H and O–H groups in total. The second-order valence-corrected chi connectivity index (χ2v) is 5.04. The average Bonchev–Trinajstić information content (AvgIpc) is 2.30. The number of hydrogen-bond acceptors (Lipinski definition) is 4. The van der Waals surface area contributed by atoms with Crippen molar-refractivity contribution < 1.29 is 4.74 Å². The van der Waals surface area contributed by atoms with Crippen molar-refractivity contribution in [3.05, 3.63) is 0 Å². The molecule has 0 aliphatic carbocycles. The fraction of sp³-hybridized carbons (Fsp3) is 1.00. The van der Waals surface area contributed by atoms with Crippen molar-refractivity contribution >= 4 is 11.8 Å². The van der Waals surface area contributed by atoms with E-state index >= 15 is 0 Å². The Morgan fingerprint density at radius 2 is 2.12 bits per heavy atom. The lowest BCUT2D eigenvalue weighted by molar-refractivity contribution is 0.148. The van der Waals surface area contributed by atoms with Crippen molar-refractivity contribution in [2.45, 2.75) is 26.3 Å². The maximum absolute atomic E-state index is 5.26. The van der Waals surface area contributed by atoms with Crippen molar-refractivity contribution in [3.8, 4) is 0 Å². The summed E-state index contributed by atoms with van der Waals surface area (Å²) in [6, 6.07) is 0.682. The number of thioether (sulfide) groups is 1. The first-order chi connectivity index (χ1) is 7.72. The summed E-state index contributed by atoms with van der Waals surface area (Å²) in [7, 11) is 2.20. The van der Waals surface area contributed by atoms with E-state index in [-0.39, 0.29) is 0 Å². The molecule has 4 heteroatoms. The van der Waals surface area contributed by atoms with Gasteiger partial charge in [0.2, 0.25) is 0 Å². The van der Waals surface area contributed by atoms with Gasteiger partial charge in [0.25, 0.3) is 0 Å².